The fourth-order valence-electron chi connectivity index (χ4n) is 2.88. The van der Waals surface area contributed by atoms with Crippen molar-refractivity contribution < 1.29 is 19.2 Å². The van der Waals surface area contributed by atoms with Gasteiger partial charge >= 0.3 is 0 Å². The predicted octanol–water partition coefficient (Wildman–Crippen LogP) is 2.25. The molecule has 2 N–H and O–H groups in total. The Morgan fingerprint density at radius 3 is 2.79 bits per heavy atom. The highest BCUT2D eigenvalue weighted by atomic mass is 16.5. The van der Waals surface area contributed by atoms with Crippen LogP contribution in [0.15, 0.2) is 40.9 Å². The number of nitrogens with one attached hydrogen (secondary N) is 1. The van der Waals surface area contributed by atoms with Gasteiger partial charge in [0.15, 0.2) is 11.5 Å². The topological polar surface area (TPSA) is 84.6 Å². The largest absolute Gasteiger partial charge is 0.393 e. The lowest BCUT2D eigenvalue weighted by Crippen LogP contribution is -2.32. The Labute approximate surface area is 140 Å². The second-order valence-electron chi connectivity index (χ2n) is 6.00. The van der Waals surface area contributed by atoms with Crippen LogP contribution in [0.4, 0.5) is 0 Å². The van der Waals surface area contributed by atoms with Crippen molar-refractivity contribution in [1.29, 1.82) is 0 Å². The summed E-state index contributed by atoms with van der Waals surface area (Å²) in [6, 6.07) is 11.1. The van der Waals surface area contributed by atoms with E-state index in [1.165, 1.54) is 0 Å². The molecule has 0 saturated carbocycles. The lowest BCUT2D eigenvalue weighted by atomic mass is 9.92. The van der Waals surface area contributed by atoms with Crippen molar-refractivity contribution in [3.05, 3.63) is 42.1 Å². The molecule has 1 aromatic carbocycles. The third kappa shape index (κ3) is 4.21. The summed E-state index contributed by atoms with van der Waals surface area (Å²) < 4.78 is 10.5. The smallest absolute Gasteiger partial charge is 0.273 e. The monoisotopic (exact) mass is 330 g/mol. The van der Waals surface area contributed by atoms with E-state index in [4.69, 9.17) is 9.26 Å². The van der Waals surface area contributed by atoms with E-state index in [-0.39, 0.29) is 17.5 Å². The molecule has 0 bridgehead atoms. The zero-order chi connectivity index (χ0) is 16.8. The molecule has 24 heavy (non-hydrogen) atoms. The molecule has 0 aliphatic carbocycles. The van der Waals surface area contributed by atoms with Crippen LogP contribution in [-0.4, -0.2) is 42.0 Å². The third-order valence-electron chi connectivity index (χ3n) is 4.34. The molecule has 1 aliphatic heterocycles. The van der Waals surface area contributed by atoms with Gasteiger partial charge in [0.05, 0.1) is 6.10 Å². The van der Waals surface area contributed by atoms with Crippen molar-refractivity contribution >= 4 is 5.91 Å². The molecule has 6 nitrogen and oxygen atoms in total. The highest BCUT2D eigenvalue weighted by molar-refractivity contribution is 5.93. The maximum atomic E-state index is 12.1. The molecule has 6 heteroatoms. The van der Waals surface area contributed by atoms with Crippen molar-refractivity contribution in [3.8, 4) is 11.3 Å². The highest BCUT2D eigenvalue weighted by Crippen LogP contribution is 2.21. The fraction of sp³-hybridized carbons (Fsp3) is 0.444. The van der Waals surface area contributed by atoms with Crippen LogP contribution >= 0.6 is 0 Å². The number of rotatable bonds is 6. The van der Waals surface area contributed by atoms with Gasteiger partial charge in [0, 0.05) is 31.4 Å². The Balaban J connectivity index is 1.48. The van der Waals surface area contributed by atoms with Gasteiger partial charge in [0.25, 0.3) is 5.91 Å². The fourth-order valence-corrected chi connectivity index (χ4v) is 2.88. The van der Waals surface area contributed by atoms with Crippen LogP contribution in [0.3, 0.4) is 0 Å². The maximum Gasteiger partial charge on any atom is 0.273 e. The average Bonchev–Trinajstić information content (AvgIpc) is 3.13. The van der Waals surface area contributed by atoms with Gasteiger partial charge in [-0.25, -0.2) is 0 Å². The van der Waals surface area contributed by atoms with Gasteiger partial charge < -0.3 is 19.7 Å². The molecule has 2 aromatic rings. The van der Waals surface area contributed by atoms with Crippen LogP contribution in [-0.2, 0) is 4.74 Å². The summed E-state index contributed by atoms with van der Waals surface area (Å²) in [5.41, 5.74) is 1.12. The molecule has 2 heterocycles. The molecule has 1 saturated heterocycles. The number of nitrogens with zero attached hydrogens (tertiary/aromatic N) is 1. The molecule has 1 aromatic heterocycles. The molecule has 1 aliphatic rings. The van der Waals surface area contributed by atoms with E-state index in [2.05, 4.69) is 10.5 Å². The second kappa shape index (κ2) is 8.08. The number of hydrogen-bond acceptors (Lipinski definition) is 5. The Hall–Kier alpha value is -2.18. The maximum absolute atomic E-state index is 12.1. The van der Waals surface area contributed by atoms with Crippen molar-refractivity contribution in [2.45, 2.75) is 25.4 Å². The summed E-state index contributed by atoms with van der Waals surface area (Å²) in [5, 5.41) is 16.8. The van der Waals surface area contributed by atoms with Gasteiger partial charge in [0.1, 0.15) is 0 Å². The predicted molar refractivity (Wildman–Crippen MR) is 88.4 cm³/mol. The summed E-state index contributed by atoms with van der Waals surface area (Å²) in [7, 11) is 0. The number of carbonyl (C=O) groups excluding carboxylic acids is 1. The SMILES string of the molecule is O=C(NCCC(O)C1CCOCC1)c1cc(-c2ccccc2)on1. The summed E-state index contributed by atoms with van der Waals surface area (Å²) in [4.78, 5) is 12.1. The van der Waals surface area contributed by atoms with Crippen LogP contribution in [0.2, 0.25) is 0 Å². The normalized spacial score (nSPS) is 16.7. The van der Waals surface area contributed by atoms with Gasteiger partial charge in [-0.3, -0.25) is 4.79 Å². The van der Waals surface area contributed by atoms with Crippen LogP contribution in [0, 0.1) is 5.92 Å². The minimum absolute atomic E-state index is 0.245. The van der Waals surface area contributed by atoms with Crippen molar-refractivity contribution in [1.82, 2.24) is 10.5 Å². The Morgan fingerprint density at radius 1 is 1.29 bits per heavy atom. The van der Waals surface area contributed by atoms with E-state index < -0.39 is 6.10 Å². The number of benzene rings is 1. The number of aromatic nitrogens is 1. The van der Waals surface area contributed by atoms with Crippen molar-refractivity contribution in [3.63, 3.8) is 0 Å². The van der Waals surface area contributed by atoms with Gasteiger partial charge in [-0.05, 0) is 25.2 Å². The molecule has 0 radical (unpaired) electrons. The first-order valence-corrected chi connectivity index (χ1v) is 8.30. The number of aliphatic hydroxyl groups excluding tert-OH is 1. The molecule has 1 fully saturated rings. The molecule has 0 spiro atoms. The standard InChI is InChI=1S/C18H22N2O4/c21-16(13-7-10-23-11-8-13)6-9-19-18(22)15-12-17(24-20-15)14-4-2-1-3-5-14/h1-5,12-13,16,21H,6-11H2,(H,19,22). The molecule has 1 unspecified atom stereocenters. The number of ether oxygens (including phenoxy) is 1. The third-order valence-corrected chi connectivity index (χ3v) is 4.34. The first kappa shape index (κ1) is 16.7. The average molecular weight is 330 g/mol. The number of hydrogen-bond donors (Lipinski definition) is 2. The zero-order valence-corrected chi connectivity index (χ0v) is 13.5. The Bertz CT molecular complexity index is 650. The number of carbonyl (C=O) groups is 1. The van der Waals surface area contributed by atoms with Crippen LogP contribution < -0.4 is 5.32 Å². The Kier molecular flexibility index (Phi) is 5.61. The molecular weight excluding hydrogens is 308 g/mol. The van der Waals surface area contributed by atoms with Crippen LogP contribution in [0.5, 0.6) is 0 Å². The van der Waals surface area contributed by atoms with E-state index in [1.54, 1.807) is 6.07 Å². The minimum atomic E-state index is -0.411. The van der Waals surface area contributed by atoms with Crippen molar-refractivity contribution in [2.24, 2.45) is 5.92 Å². The highest BCUT2D eigenvalue weighted by Gasteiger charge is 2.22. The van der Waals surface area contributed by atoms with E-state index in [0.29, 0.717) is 31.9 Å². The molecule has 1 amide bonds. The van der Waals surface area contributed by atoms with Gasteiger partial charge in [-0.15, -0.1) is 0 Å². The quantitative estimate of drug-likeness (QED) is 0.848. The first-order valence-electron chi connectivity index (χ1n) is 8.30. The lowest BCUT2D eigenvalue weighted by molar-refractivity contribution is 0.00527. The minimum Gasteiger partial charge on any atom is -0.393 e. The van der Waals surface area contributed by atoms with E-state index in [0.717, 1.165) is 18.4 Å². The summed E-state index contributed by atoms with van der Waals surface area (Å²) in [6.45, 7) is 1.81. The first-order chi connectivity index (χ1) is 11.7. The molecule has 128 valence electrons. The van der Waals surface area contributed by atoms with E-state index >= 15 is 0 Å². The summed E-state index contributed by atoms with van der Waals surface area (Å²) in [6.07, 6.45) is 1.86. The lowest BCUT2D eigenvalue weighted by Gasteiger charge is -2.26. The van der Waals surface area contributed by atoms with E-state index in [9.17, 15) is 9.90 Å². The van der Waals surface area contributed by atoms with Crippen LogP contribution in [0.25, 0.3) is 11.3 Å². The van der Waals surface area contributed by atoms with E-state index in [1.807, 2.05) is 30.3 Å². The van der Waals surface area contributed by atoms with Crippen LogP contribution in [0.1, 0.15) is 29.8 Å². The van der Waals surface area contributed by atoms with Crippen molar-refractivity contribution in [2.75, 3.05) is 19.8 Å². The number of amides is 1. The summed E-state index contributed by atoms with van der Waals surface area (Å²) in [5.74, 6) is 0.524. The van der Waals surface area contributed by atoms with Gasteiger partial charge in [-0.1, -0.05) is 35.5 Å². The second-order valence-corrected chi connectivity index (χ2v) is 6.00. The zero-order valence-electron chi connectivity index (χ0n) is 13.5. The molecular formula is C18H22N2O4. The number of aliphatic hydroxyl groups is 1. The molecule has 3 rings (SSSR count). The van der Waals surface area contributed by atoms with Gasteiger partial charge in [-0.2, -0.15) is 0 Å². The van der Waals surface area contributed by atoms with Gasteiger partial charge in [0.2, 0.25) is 0 Å². The summed E-state index contributed by atoms with van der Waals surface area (Å²) >= 11 is 0. The molecule has 1 atom stereocenters. The Morgan fingerprint density at radius 2 is 2.04 bits per heavy atom.